The van der Waals surface area contributed by atoms with E-state index >= 15 is 0 Å². The summed E-state index contributed by atoms with van der Waals surface area (Å²) >= 11 is 0. The Morgan fingerprint density at radius 1 is 1.31 bits per heavy atom. The van der Waals surface area contributed by atoms with Gasteiger partial charge in [-0.25, -0.2) is 9.97 Å². The van der Waals surface area contributed by atoms with Crippen LogP contribution in [-0.4, -0.2) is 29.6 Å². The second-order valence-corrected chi connectivity index (χ2v) is 4.48. The van der Waals surface area contributed by atoms with Crippen molar-refractivity contribution in [2.45, 2.75) is 38.1 Å². The number of rotatable bonds is 4. The smallest absolute Gasteiger partial charge is 0.225 e. The zero-order valence-corrected chi connectivity index (χ0v) is 9.89. The van der Waals surface area contributed by atoms with Gasteiger partial charge in [-0.3, -0.25) is 0 Å². The zero-order chi connectivity index (χ0) is 11.4. The third-order valence-electron chi connectivity index (χ3n) is 3.31. The maximum Gasteiger partial charge on any atom is 0.225 e. The van der Waals surface area contributed by atoms with Gasteiger partial charge in [-0.1, -0.05) is 12.8 Å². The molecular weight excluding hydrogens is 200 g/mol. The molecule has 88 valence electrons. The lowest BCUT2D eigenvalue weighted by Crippen LogP contribution is -2.30. The van der Waals surface area contributed by atoms with E-state index in [1.807, 2.05) is 12.4 Å². The first-order chi connectivity index (χ1) is 7.81. The van der Waals surface area contributed by atoms with Crippen LogP contribution in [0.5, 0.6) is 0 Å². The fourth-order valence-corrected chi connectivity index (χ4v) is 2.28. The molecule has 2 rings (SSSR count). The predicted molar refractivity (Wildman–Crippen MR) is 65.4 cm³/mol. The van der Waals surface area contributed by atoms with Gasteiger partial charge in [0.05, 0.1) is 0 Å². The van der Waals surface area contributed by atoms with Crippen molar-refractivity contribution < 1.29 is 0 Å². The average Bonchev–Trinajstić information content (AvgIpc) is 2.83. The van der Waals surface area contributed by atoms with Crippen molar-refractivity contribution in [3.05, 3.63) is 18.0 Å². The van der Waals surface area contributed by atoms with Gasteiger partial charge in [-0.15, -0.1) is 0 Å². The van der Waals surface area contributed by atoms with E-state index in [0.717, 1.165) is 17.9 Å². The summed E-state index contributed by atoms with van der Waals surface area (Å²) in [6, 6.07) is 0.625. The molecule has 1 heterocycles. The molecule has 16 heavy (non-hydrogen) atoms. The highest BCUT2D eigenvalue weighted by molar-refractivity contribution is 5.30. The van der Waals surface area contributed by atoms with Gasteiger partial charge in [0.25, 0.3) is 0 Å². The second kappa shape index (κ2) is 5.25. The van der Waals surface area contributed by atoms with Crippen molar-refractivity contribution in [1.82, 2.24) is 9.97 Å². The normalized spacial score (nSPS) is 16.6. The molecule has 0 radical (unpaired) electrons. The van der Waals surface area contributed by atoms with Crippen LogP contribution in [0.4, 0.5) is 5.95 Å². The Bertz CT molecular complexity index is 316. The van der Waals surface area contributed by atoms with E-state index in [-0.39, 0.29) is 0 Å². The van der Waals surface area contributed by atoms with E-state index in [0.29, 0.717) is 12.6 Å². The van der Waals surface area contributed by atoms with Crippen molar-refractivity contribution in [3.63, 3.8) is 0 Å². The Labute approximate surface area is 96.9 Å². The molecule has 4 heteroatoms. The Balaban J connectivity index is 2.02. The van der Waals surface area contributed by atoms with Gasteiger partial charge in [0, 0.05) is 25.5 Å². The van der Waals surface area contributed by atoms with E-state index in [1.54, 1.807) is 0 Å². The molecule has 0 atom stereocenters. The lowest BCUT2D eigenvalue weighted by atomic mass is 10.2. The Morgan fingerprint density at radius 2 is 1.94 bits per heavy atom. The predicted octanol–water partition coefficient (Wildman–Crippen LogP) is 1.36. The van der Waals surface area contributed by atoms with Crippen molar-refractivity contribution in [2.24, 2.45) is 5.73 Å². The number of aromatic nitrogens is 2. The molecule has 0 amide bonds. The van der Waals surface area contributed by atoms with Crippen LogP contribution in [0.25, 0.3) is 0 Å². The third-order valence-corrected chi connectivity index (χ3v) is 3.31. The van der Waals surface area contributed by atoms with Crippen LogP contribution in [0.15, 0.2) is 12.4 Å². The molecule has 1 aromatic rings. The number of hydrogen-bond donors (Lipinski definition) is 1. The van der Waals surface area contributed by atoms with E-state index in [2.05, 4.69) is 21.9 Å². The van der Waals surface area contributed by atoms with Crippen LogP contribution in [-0.2, 0) is 6.42 Å². The highest BCUT2D eigenvalue weighted by Crippen LogP contribution is 2.24. The summed E-state index contributed by atoms with van der Waals surface area (Å²) in [5.74, 6) is 0.840. The van der Waals surface area contributed by atoms with Crippen LogP contribution < -0.4 is 10.6 Å². The van der Waals surface area contributed by atoms with Crippen LogP contribution in [0.1, 0.15) is 31.2 Å². The van der Waals surface area contributed by atoms with Crippen molar-refractivity contribution >= 4 is 5.95 Å². The van der Waals surface area contributed by atoms with Crippen LogP contribution >= 0.6 is 0 Å². The van der Waals surface area contributed by atoms with E-state index < -0.39 is 0 Å². The quantitative estimate of drug-likeness (QED) is 0.832. The summed E-state index contributed by atoms with van der Waals surface area (Å²) < 4.78 is 0. The van der Waals surface area contributed by atoms with E-state index in [9.17, 15) is 0 Å². The number of hydrogen-bond acceptors (Lipinski definition) is 4. The van der Waals surface area contributed by atoms with Crippen LogP contribution in [0, 0.1) is 0 Å². The summed E-state index contributed by atoms with van der Waals surface area (Å²) in [5.41, 5.74) is 6.61. The Morgan fingerprint density at radius 3 is 2.50 bits per heavy atom. The lowest BCUT2D eigenvalue weighted by Gasteiger charge is -2.24. The molecular formula is C12H20N4. The summed E-state index contributed by atoms with van der Waals surface area (Å²) in [7, 11) is 2.09. The van der Waals surface area contributed by atoms with Gasteiger partial charge in [0.2, 0.25) is 5.95 Å². The Hall–Kier alpha value is -1.16. The molecule has 4 nitrogen and oxygen atoms in total. The van der Waals surface area contributed by atoms with E-state index in [4.69, 9.17) is 5.73 Å². The zero-order valence-electron chi connectivity index (χ0n) is 9.89. The molecule has 2 N–H and O–H groups in total. The van der Waals surface area contributed by atoms with Crippen molar-refractivity contribution in [2.75, 3.05) is 18.5 Å². The monoisotopic (exact) mass is 220 g/mol. The molecule has 0 aliphatic heterocycles. The first-order valence-corrected chi connectivity index (χ1v) is 6.05. The maximum atomic E-state index is 5.49. The average molecular weight is 220 g/mol. The van der Waals surface area contributed by atoms with Gasteiger partial charge in [0.15, 0.2) is 0 Å². The SMILES string of the molecule is CN(c1ncc(CCN)cn1)C1CCCC1. The highest BCUT2D eigenvalue weighted by atomic mass is 15.2. The summed E-state index contributed by atoms with van der Waals surface area (Å²) in [6.07, 6.45) is 9.84. The standard InChI is InChI=1S/C12H20N4/c1-16(11-4-2-3-5-11)12-14-8-10(6-7-13)9-15-12/h8-9,11H,2-7,13H2,1H3. The molecule has 1 saturated carbocycles. The number of anilines is 1. The first-order valence-electron chi connectivity index (χ1n) is 6.05. The molecule has 0 spiro atoms. The molecule has 1 aromatic heterocycles. The molecule has 0 unspecified atom stereocenters. The molecule has 0 saturated heterocycles. The van der Waals surface area contributed by atoms with Gasteiger partial charge >= 0.3 is 0 Å². The minimum atomic E-state index is 0.625. The Kier molecular flexibility index (Phi) is 3.72. The fourth-order valence-electron chi connectivity index (χ4n) is 2.28. The molecule has 0 bridgehead atoms. The minimum Gasteiger partial charge on any atom is -0.341 e. The van der Waals surface area contributed by atoms with Crippen molar-refractivity contribution in [3.8, 4) is 0 Å². The van der Waals surface area contributed by atoms with Crippen molar-refractivity contribution in [1.29, 1.82) is 0 Å². The first kappa shape index (κ1) is 11.3. The molecule has 1 aliphatic rings. The minimum absolute atomic E-state index is 0.625. The molecule has 0 aromatic carbocycles. The van der Waals surface area contributed by atoms with Crippen LogP contribution in [0.3, 0.4) is 0 Å². The van der Waals surface area contributed by atoms with Gasteiger partial charge in [-0.05, 0) is 31.4 Å². The third kappa shape index (κ3) is 2.50. The van der Waals surface area contributed by atoms with E-state index in [1.165, 1.54) is 25.7 Å². The topological polar surface area (TPSA) is 55.0 Å². The lowest BCUT2D eigenvalue weighted by molar-refractivity contribution is 0.637. The summed E-state index contributed by atoms with van der Waals surface area (Å²) in [4.78, 5) is 11.0. The second-order valence-electron chi connectivity index (χ2n) is 4.48. The number of nitrogens with two attached hydrogens (primary N) is 1. The highest BCUT2D eigenvalue weighted by Gasteiger charge is 2.21. The molecule has 1 fully saturated rings. The maximum absolute atomic E-state index is 5.49. The largest absolute Gasteiger partial charge is 0.341 e. The van der Waals surface area contributed by atoms with Gasteiger partial charge < -0.3 is 10.6 Å². The summed E-state index contributed by atoms with van der Waals surface area (Å²) in [5, 5.41) is 0. The van der Waals surface area contributed by atoms with Gasteiger partial charge in [0.1, 0.15) is 0 Å². The fraction of sp³-hybridized carbons (Fsp3) is 0.667. The molecule has 1 aliphatic carbocycles. The van der Waals surface area contributed by atoms with Gasteiger partial charge in [-0.2, -0.15) is 0 Å². The summed E-state index contributed by atoms with van der Waals surface area (Å²) in [6.45, 7) is 0.654. The van der Waals surface area contributed by atoms with Crippen LogP contribution in [0.2, 0.25) is 0 Å². The number of nitrogens with zero attached hydrogens (tertiary/aromatic N) is 3.